The number of aliphatic imine (C=N–C) groups is 1. The summed E-state index contributed by atoms with van der Waals surface area (Å²) < 4.78 is 0. The highest BCUT2D eigenvalue weighted by molar-refractivity contribution is 7.98. The van der Waals surface area contributed by atoms with E-state index in [9.17, 15) is 0 Å². The molecule has 1 aliphatic rings. The lowest BCUT2D eigenvalue weighted by Crippen LogP contribution is -2.39. The molecule has 0 amide bonds. The number of rotatable bonds is 9. The summed E-state index contributed by atoms with van der Waals surface area (Å²) in [7, 11) is 1.84. The second kappa shape index (κ2) is 11.4. The van der Waals surface area contributed by atoms with Gasteiger partial charge >= 0.3 is 0 Å². The largest absolute Gasteiger partial charge is 0.356 e. The summed E-state index contributed by atoms with van der Waals surface area (Å²) in [6.07, 6.45) is 8.62. The Morgan fingerprint density at radius 3 is 2.42 bits per heavy atom. The first-order valence-corrected chi connectivity index (χ1v) is 8.92. The summed E-state index contributed by atoms with van der Waals surface area (Å²) in [5.74, 6) is 2.20. The Hall–Kier alpha value is -0.420. The van der Waals surface area contributed by atoms with Gasteiger partial charge in [0.05, 0.1) is 0 Å². The van der Waals surface area contributed by atoms with Crippen molar-refractivity contribution in [2.24, 2.45) is 4.99 Å². The normalized spacial score (nSPS) is 16.8. The van der Waals surface area contributed by atoms with Crippen LogP contribution in [-0.2, 0) is 0 Å². The lowest BCUT2D eigenvalue weighted by atomic mass is 10.3. The van der Waals surface area contributed by atoms with Crippen molar-refractivity contribution in [1.82, 2.24) is 15.5 Å². The molecule has 0 aromatic rings. The Balaban J connectivity index is 1.95. The van der Waals surface area contributed by atoms with Crippen LogP contribution in [0.2, 0.25) is 0 Å². The molecule has 0 aromatic carbocycles. The average molecular weight is 286 g/mol. The number of likely N-dealkylation sites (tertiary alicyclic amines) is 1. The van der Waals surface area contributed by atoms with Gasteiger partial charge in [-0.15, -0.1) is 0 Å². The number of nitrogens with one attached hydrogen (secondary N) is 2. The quantitative estimate of drug-likeness (QED) is 0.385. The van der Waals surface area contributed by atoms with Crippen LogP contribution in [0.15, 0.2) is 4.99 Å². The van der Waals surface area contributed by atoms with E-state index in [1.54, 1.807) is 0 Å². The Morgan fingerprint density at radius 2 is 1.79 bits per heavy atom. The van der Waals surface area contributed by atoms with Crippen molar-refractivity contribution in [2.75, 3.05) is 51.8 Å². The molecular weight excluding hydrogens is 256 g/mol. The molecule has 0 aromatic heterocycles. The van der Waals surface area contributed by atoms with E-state index in [2.05, 4.69) is 26.8 Å². The molecule has 1 rings (SSSR count). The van der Waals surface area contributed by atoms with Gasteiger partial charge in [0.25, 0.3) is 0 Å². The zero-order valence-electron chi connectivity index (χ0n) is 12.6. The Bertz CT molecular complexity index is 240. The van der Waals surface area contributed by atoms with Gasteiger partial charge in [0, 0.05) is 20.1 Å². The van der Waals surface area contributed by atoms with Gasteiger partial charge in [0.2, 0.25) is 0 Å². The molecule has 0 aliphatic carbocycles. The average Bonchev–Trinajstić information content (AvgIpc) is 2.94. The molecule has 0 bridgehead atoms. The molecule has 0 spiro atoms. The highest BCUT2D eigenvalue weighted by Crippen LogP contribution is 2.06. The minimum Gasteiger partial charge on any atom is -0.356 e. The summed E-state index contributed by atoms with van der Waals surface area (Å²) in [6, 6.07) is 0. The Morgan fingerprint density at radius 1 is 1.11 bits per heavy atom. The van der Waals surface area contributed by atoms with Crippen molar-refractivity contribution in [1.29, 1.82) is 0 Å². The van der Waals surface area contributed by atoms with Crippen molar-refractivity contribution in [3.63, 3.8) is 0 Å². The van der Waals surface area contributed by atoms with Crippen LogP contribution in [0.4, 0.5) is 0 Å². The van der Waals surface area contributed by atoms with E-state index in [0.29, 0.717) is 0 Å². The molecule has 0 radical (unpaired) electrons. The van der Waals surface area contributed by atoms with Crippen LogP contribution in [0.5, 0.6) is 0 Å². The number of hydrogen-bond acceptors (Lipinski definition) is 3. The molecule has 1 aliphatic heterocycles. The van der Waals surface area contributed by atoms with Gasteiger partial charge in [-0.3, -0.25) is 4.99 Å². The maximum absolute atomic E-state index is 4.25. The fourth-order valence-corrected chi connectivity index (χ4v) is 2.81. The summed E-state index contributed by atoms with van der Waals surface area (Å²) >= 11 is 1.92. The van der Waals surface area contributed by atoms with Crippen molar-refractivity contribution in [2.45, 2.75) is 32.1 Å². The number of guanidine groups is 1. The lowest BCUT2D eigenvalue weighted by Gasteiger charge is -2.15. The monoisotopic (exact) mass is 286 g/mol. The summed E-state index contributed by atoms with van der Waals surface area (Å²) in [5, 5.41) is 6.76. The minimum atomic E-state index is 0.950. The predicted octanol–water partition coefficient (Wildman–Crippen LogP) is 1.78. The molecule has 5 heteroatoms. The molecule has 0 unspecified atom stereocenters. The van der Waals surface area contributed by atoms with Crippen molar-refractivity contribution < 1.29 is 0 Å². The first kappa shape index (κ1) is 16.6. The van der Waals surface area contributed by atoms with Gasteiger partial charge in [-0.2, -0.15) is 11.8 Å². The van der Waals surface area contributed by atoms with Gasteiger partial charge in [-0.25, -0.2) is 0 Å². The summed E-state index contributed by atoms with van der Waals surface area (Å²) in [4.78, 5) is 6.81. The van der Waals surface area contributed by atoms with E-state index >= 15 is 0 Å². The molecule has 1 fully saturated rings. The smallest absolute Gasteiger partial charge is 0.190 e. The topological polar surface area (TPSA) is 39.7 Å². The fourth-order valence-electron chi connectivity index (χ4n) is 2.31. The fraction of sp³-hybridized carbons (Fsp3) is 0.929. The highest BCUT2D eigenvalue weighted by Gasteiger charge is 2.10. The summed E-state index contributed by atoms with van der Waals surface area (Å²) in [5.41, 5.74) is 0. The third kappa shape index (κ3) is 8.37. The second-order valence-electron chi connectivity index (χ2n) is 5.03. The number of nitrogens with zero attached hydrogens (tertiary/aromatic N) is 2. The molecule has 19 heavy (non-hydrogen) atoms. The zero-order chi connectivity index (χ0) is 13.8. The van der Waals surface area contributed by atoms with Gasteiger partial charge < -0.3 is 15.5 Å². The van der Waals surface area contributed by atoms with Crippen molar-refractivity contribution >= 4 is 17.7 Å². The minimum absolute atomic E-state index is 0.950. The molecular formula is C14H30N4S. The SMILES string of the molecule is CN=C(NCCCCSC)NCCCN1CCCC1. The number of unbranched alkanes of at least 4 members (excludes halogenated alkanes) is 1. The van der Waals surface area contributed by atoms with Gasteiger partial charge in [0.15, 0.2) is 5.96 Å². The molecule has 2 N–H and O–H groups in total. The molecule has 1 saturated heterocycles. The van der Waals surface area contributed by atoms with Crippen LogP contribution >= 0.6 is 11.8 Å². The van der Waals surface area contributed by atoms with Crippen molar-refractivity contribution in [3.8, 4) is 0 Å². The standard InChI is InChI=1S/C14H30N4S/c1-15-14(16-8-3-6-13-19-2)17-9-7-12-18-10-4-5-11-18/h3-13H2,1-2H3,(H2,15,16,17). The van der Waals surface area contributed by atoms with Crippen LogP contribution in [-0.4, -0.2) is 62.6 Å². The van der Waals surface area contributed by atoms with Gasteiger partial charge in [0.1, 0.15) is 0 Å². The van der Waals surface area contributed by atoms with Crippen LogP contribution < -0.4 is 10.6 Å². The van der Waals surface area contributed by atoms with Crippen LogP contribution in [0.1, 0.15) is 32.1 Å². The number of hydrogen-bond donors (Lipinski definition) is 2. The van der Waals surface area contributed by atoms with Crippen LogP contribution in [0, 0.1) is 0 Å². The van der Waals surface area contributed by atoms with E-state index < -0.39 is 0 Å². The van der Waals surface area contributed by atoms with E-state index in [-0.39, 0.29) is 0 Å². The first-order chi connectivity index (χ1) is 9.36. The van der Waals surface area contributed by atoms with Crippen LogP contribution in [0.25, 0.3) is 0 Å². The summed E-state index contributed by atoms with van der Waals surface area (Å²) in [6.45, 7) is 5.84. The molecule has 4 nitrogen and oxygen atoms in total. The Kier molecular flexibility index (Phi) is 9.99. The van der Waals surface area contributed by atoms with E-state index in [4.69, 9.17) is 0 Å². The third-order valence-corrected chi connectivity index (χ3v) is 4.13. The molecule has 0 saturated carbocycles. The first-order valence-electron chi connectivity index (χ1n) is 7.52. The van der Waals surface area contributed by atoms with Crippen molar-refractivity contribution in [3.05, 3.63) is 0 Å². The number of thioether (sulfide) groups is 1. The molecule has 112 valence electrons. The maximum Gasteiger partial charge on any atom is 0.190 e. The maximum atomic E-state index is 4.25. The van der Waals surface area contributed by atoms with E-state index in [1.807, 2.05) is 18.8 Å². The zero-order valence-corrected chi connectivity index (χ0v) is 13.4. The highest BCUT2D eigenvalue weighted by atomic mass is 32.2. The Labute approximate surface area is 122 Å². The van der Waals surface area contributed by atoms with Gasteiger partial charge in [-0.05, 0) is 63.7 Å². The predicted molar refractivity (Wildman–Crippen MR) is 87.3 cm³/mol. The van der Waals surface area contributed by atoms with Gasteiger partial charge in [-0.1, -0.05) is 0 Å². The van der Waals surface area contributed by atoms with E-state index in [1.165, 1.54) is 57.5 Å². The molecule has 1 heterocycles. The van der Waals surface area contributed by atoms with E-state index in [0.717, 1.165) is 19.0 Å². The lowest BCUT2D eigenvalue weighted by molar-refractivity contribution is 0.334. The second-order valence-corrected chi connectivity index (χ2v) is 6.01. The molecule has 0 atom stereocenters. The van der Waals surface area contributed by atoms with Crippen LogP contribution in [0.3, 0.4) is 0 Å². The third-order valence-electron chi connectivity index (χ3n) is 3.43.